The van der Waals surface area contributed by atoms with Gasteiger partial charge in [-0.3, -0.25) is 14.8 Å². The fraction of sp³-hybridized carbons (Fsp3) is 0.375. The van der Waals surface area contributed by atoms with Crippen molar-refractivity contribution in [3.63, 3.8) is 0 Å². The van der Waals surface area contributed by atoms with Crippen LogP contribution >= 0.6 is 35.2 Å². The molecule has 25 heavy (non-hydrogen) atoms. The molecule has 0 bridgehead atoms. The normalized spacial score (nSPS) is 16.0. The van der Waals surface area contributed by atoms with Crippen LogP contribution in [0.2, 0.25) is 5.02 Å². The van der Waals surface area contributed by atoms with E-state index in [1.807, 2.05) is 0 Å². The lowest BCUT2D eigenvalue weighted by molar-refractivity contribution is 0.0968. The molecule has 0 spiro atoms. The van der Waals surface area contributed by atoms with Crippen molar-refractivity contribution in [1.29, 1.82) is 5.26 Å². The van der Waals surface area contributed by atoms with Gasteiger partial charge in [-0.25, -0.2) is 0 Å². The monoisotopic (exact) mass is 393 g/mol. The summed E-state index contributed by atoms with van der Waals surface area (Å²) >= 11 is 12.7. The van der Waals surface area contributed by atoms with Gasteiger partial charge in [-0.15, -0.1) is 11.3 Å². The number of fused-ring (bicyclic) bond motifs is 1. The van der Waals surface area contributed by atoms with Gasteiger partial charge >= 0.3 is 0 Å². The molecule has 0 aromatic carbocycles. The fourth-order valence-electron chi connectivity index (χ4n) is 2.92. The standard InChI is InChI=1S/C16H16ClN5OS2/c1-8-3-4-9-10(6-18)15(25-12(9)5-8)21-16(24)20-14(23)13-11(17)7-19-22(13)2/h7-8H,3-5H2,1-2H3,(H2,20,21,23,24). The number of thiocarbonyl (C=S) groups is 1. The van der Waals surface area contributed by atoms with Crippen LogP contribution in [0.4, 0.5) is 5.00 Å². The van der Waals surface area contributed by atoms with Gasteiger partial charge in [0.05, 0.1) is 16.8 Å². The third kappa shape index (κ3) is 3.54. The van der Waals surface area contributed by atoms with Gasteiger partial charge in [0.2, 0.25) is 0 Å². The van der Waals surface area contributed by atoms with Crippen LogP contribution < -0.4 is 10.6 Å². The molecule has 1 atom stereocenters. The predicted octanol–water partition coefficient (Wildman–Crippen LogP) is 3.26. The van der Waals surface area contributed by atoms with Crippen LogP contribution in [0.5, 0.6) is 0 Å². The Balaban J connectivity index is 1.76. The first-order valence-corrected chi connectivity index (χ1v) is 9.35. The number of thiophene rings is 1. The molecule has 2 heterocycles. The van der Waals surface area contributed by atoms with Gasteiger partial charge in [0.1, 0.15) is 16.8 Å². The highest BCUT2D eigenvalue weighted by Gasteiger charge is 2.25. The van der Waals surface area contributed by atoms with E-state index in [1.165, 1.54) is 27.1 Å². The van der Waals surface area contributed by atoms with E-state index in [0.29, 0.717) is 16.5 Å². The number of hydrogen-bond acceptors (Lipinski definition) is 5. The number of amides is 1. The smallest absolute Gasteiger partial charge is 0.277 e. The summed E-state index contributed by atoms with van der Waals surface area (Å²) in [4.78, 5) is 13.5. The molecule has 3 rings (SSSR count). The number of rotatable bonds is 2. The zero-order valence-corrected chi connectivity index (χ0v) is 16.1. The minimum Gasteiger partial charge on any atom is -0.323 e. The average molecular weight is 394 g/mol. The Morgan fingerprint density at radius 1 is 1.60 bits per heavy atom. The SMILES string of the molecule is CC1CCc2c(sc(NC(=S)NC(=O)c3c(Cl)cnn3C)c2C#N)C1. The summed E-state index contributed by atoms with van der Waals surface area (Å²) in [6, 6.07) is 2.26. The Kier molecular flexibility index (Phi) is 5.08. The van der Waals surface area contributed by atoms with Gasteiger partial charge in [-0.2, -0.15) is 10.4 Å². The highest BCUT2D eigenvalue weighted by atomic mass is 35.5. The lowest BCUT2D eigenvalue weighted by Gasteiger charge is -2.17. The van der Waals surface area contributed by atoms with E-state index in [-0.39, 0.29) is 15.8 Å². The summed E-state index contributed by atoms with van der Waals surface area (Å²) in [5.41, 5.74) is 1.96. The molecule has 1 aliphatic carbocycles. The second-order valence-electron chi connectivity index (χ2n) is 6.04. The van der Waals surface area contributed by atoms with Crippen LogP contribution in [0.15, 0.2) is 6.20 Å². The number of carbonyl (C=O) groups is 1. The maximum atomic E-state index is 12.3. The molecule has 0 saturated carbocycles. The van der Waals surface area contributed by atoms with Crippen LogP contribution in [-0.2, 0) is 19.9 Å². The molecular weight excluding hydrogens is 378 g/mol. The lowest BCUT2D eigenvalue weighted by Crippen LogP contribution is -2.35. The topological polar surface area (TPSA) is 82.7 Å². The molecule has 0 aliphatic heterocycles. The number of carbonyl (C=O) groups excluding carboxylic acids is 1. The summed E-state index contributed by atoms with van der Waals surface area (Å²) in [7, 11) is 1.62. The summed E-state index contributed by atoms with van der Waals surface area (Å²) < 4.78 is 1.38. The number of halogens is 1. The first kappa shape index (κ1) is 17.9. The Morgan fingerprint density at radius 2 is 2.36 bits per heavy atom. The second-order valence-corrected chi connectivity index (χ2v) is 7.96. The summed E-state index contributed by atoms with van der Waals surface area (Å²) in [6.07, 6.45) is 4.36. The summed E-state index contributed by atoms with van der Waals surface area (Å²) in [5, 5.41) is 20.1. The van der Waals surface area contributed by atoms with Crippen molar-refractivity contribution in [2.75, 3.05) is 5.32 Å². The summed E-state index contributed by atoms with van der Waals surface area (Å²) in [6.45, 7) is 2.21. The molecule has 0 saturated heterocycles. The molecular formula is C16H16ClN5OS2. The van der Waals surface area contributed by atoms with Crippen LogP contribution in [0.1, 0.15) is 39.8 Å². The van der Waals surface area contributed by atoms with Crippen molar-refractivity contribution >= 4 is 51.2 Å². The van der Waals surface area contributed by atoms with E-state index >= 15 is 0 Å². The van der Waals surface area contributed by atoms with E-state index in [9.17, 15) is 10.1 Å². The second kappa shape index (κ2) is 7.12. The van der Waals surface area contributed by atoms with Crippen LogP contribution in [-0.4, -0.2) is 20.8 Å². The number of hydrogen-bond donors (Lipinski definition) is 2. The molecule has 2 N–H and O–H groups in total. The Morgan fingerprint density at radius 3 is 3.00 bits per heavy atom. The molecule has 1 unspecified atom stereocenters. The third-order valence-corrected chi connectivity index (χ3v) is 5.84. The number of nitriles is 1. The van der Waals surface area contributed by atoms with Gasteiger partial charge in [0.15, 0.2) is 5.11 Å². The third-order valence-electron chi connectivity index (χ3n) is 4.19. The first-order chi connectivity index (χ1) is 11.9. The highest BCUT2D eigenvalue weighted by molar-refractivity contribution is 7.80. The molecule has 6 nitrogen and oxygen atoms in total. The lowest BCUT2D eigenvalue weighted by atomic mass is 9.89. The molecule has 1 aliphatic rings. The number of aryl methyl sites for hydroxylation is 1. The Hall–Kier alpha value is -1.95. The van der Waals surface area contributed by atoms with E-state index < -0.39 is 5.91 Å². The molecule has 2 aromatic heterocycles. The van der Waals surface area contributed by atoms with Crippen LogP contribution in [0.25, 0.3) is 0 Å². The summed E-state index contributed by atoms with van der Waals surface area (Å²) in [5.74, 6) is 0.167. The van der Waals surface area contributed by atoms with Gasteiger partial charge < -0.3 is 5.32 Å². The van der Waals surface area contributed by atoms with Gasteiger partial charge in [-0.05, 0) is 43.0 Å². The minimum absolute atomic E-state index is 0.130. The number of aromatic nitrogens is 2. The Labute approximate surface area is 159 Å². The van der Waals surface area contributed by atoms with Crippen molar-refractivity contribution in [3.8, 4) is 6.07 Å². The molecule has 2 aromatic rings. The minimum atomic E-state index is -0.448. The number of nitrogens with one attached hydrogen (secondary N) is 2. The number of nitrogens with zero attached hydrogens (tertiary/aromatic N) is 3. The maximum absolute atomic E-state index is 12.3. The molecule has 1 amide bonds. The van der Waals surface area contributed by atoms with E-state index in [4.69, 9.17) is 23.8 Å². The fourth-order valence-corrected chi connectivity index (χ4v) is 4.80. The van der Waals surface area contributed by atoms with E-state index in [0.717, 1.165) is 24.8 Å². The molecule has 9 heteroatoms. The molecule has 130 valence electrons. The molecule has 0 fully saturated rings. The number of anilines is 1. The van der Waals surface area contributed by atoms with Crippen molar-refractivity contribution in [3.05, 3.63) is 32.9 Å². The van der Waals surface area contributed by atoms with Crippen LogP contribution in [0.3, 0.4) is 0 Å². The Bertz CT molecular complexity index is 876. The highest BCUT2D eigenvalue weighted by Crippen LogP contribution is 2.39. The van der Waals surface area contributed by atoms with Crippen molar-refractivity contribution in [1.82, 2.24) is 15.1 Å². The van der Waals surface area contributed by atoms with Crippen molar-refractivity contribution < 1.29 is 4.79 Å². The largest absolute Gasteiger partial charge is 0.323 e. The van der Waals surface area contributed by atoms with Gasteiger partial charge in [-0.1, -0.05) is 18.5 Å². The zero-order chi connectivity index (χ0) is 18.1. The van der Waals surface area contributed by atoms with Gasteiger partial charge in [0.25, 0.3) is 5.91 Å². The van der Waals surface area contributed by atoms with Crippen molar-refractivity contribution in [2.45, 2.75) is 26.2 Å². The zero-order valence-electron chi connectivity index (χ0n) is 13.7. The average Bonchev–Trinajstić information content (AvgIpc) is 3.05. The van der Waals surface area contributed by atoms with E-state index in [2.05, 4.69) is 28.7 Å². The maximum Gasteiger partial charge on any atom is 0.277 e. The quantitative estimate of drug-likeness (QED) is 0.765. The van der Waals surface area contributed by atoms with E-state index in [1.54, 1.807) is 7.05 Å². The molecule has 0 radical (unpaired) electrons. The van der Waals surface area contributed by atoms with Crippen LogP contribution in [0, 0.1) is 17.2 Å². The first-order valence-electron chi connectivity index (χ1n) is 7.75. The van der Waals surface area contributed by atoms with Crippen molar-refractivity contribution in [2.24, 2.45) is 13.0 Å². The van der Waals surface area contributed by atoms with Gasteiger partial charge in [0, 0.05) is 11.9 Å². The predicted molar refractivity (Wildman–Crippen MR) is 102 cm³/mol.